The van der Waals surface area contributed by atoms with Crippen molar-refractivity contribution in [2.45, 2.75) is 31.9 Å². The average molecular weight is 271 g/mol. The largest absolute Gasteiger partial charge is 0.288 e. The Morgan fingerprint density at radius 1 is 1.59 bits per heavy atom. The van der Waals surface area contributed by atoms with Gasteiger partial charge in [0.2, 0.25) is 11.0 Å². The Morgan fingerprint density at radius 2 is 2.35 bits per heavy atom. The summed E-state index contributed by atoms with van der Waals surface area (Å²) < 4.78 is 0. The lowest BCUT2D eigenvalue weighted by Gasteiger charge is -2.10. The second-order valence-electron chi connectivity index (χ2n) is 3.77. The number of anilines is 1. The molecule has 1 aromatic rings. The van der Waals surface area contributed by atoms with Crippen molar-refractivity contribution >= 4 is 39.3 Å². The monoisotopic (exact) mass is 271 g/mol. The highest BCUT2D eigenvalue weighted by Crippen LogP contribution is 2.30. The first-order chi connectivity index (χ1) is 8.10. The van der Waals surface area contributed by atoms with Gasteiger partial charge in [-0.3, -0.25) is 14.5 Å². The predicted octanol–water partition coefficient (Wildman–Crippen LogP) is 1.49. The molecule has 5 nitrogen and oxygen atoms in total. The molecule has 0 bridgehead atoms. The van der Waals surface area contributed by atoms with E-state index in [1.807, 2.05) is 6.92 Å². The van der Waals surface area contributed by atoms with E-state index in [1.54, 1.807) is 4.90 Å². The molecule has 17 heavy (non-hydrogen) atoms. The number of carbonyl (C=O) groups excluding carboxylic acids is 2. The van der Waals surface area contributed by atoms with Crippen LogP contribution in [0.4, 0.5) is 5.13 Å². The standard InChI is InChI=1S/C10H13N3O2S2/c1-3-8-11-12-10(17-8)13-5-7(4-9(13)15)16-6(2)14/h7H,3-5H2,1-2H3. The Bertz CT molecular complexity index is 447. The zero-order valence-corrected chi connectivity index (χ0v) is 11.3. The van der Waals surface area contributed by atoms with Crippen LogP contribution < -0.4 is 4.90 Å². The first-order valence-electron chi connectivity index (χ1n) is 5.40. The normalized spacial score (nSPS) is 20.0. The fourth-order valence-electron chi connectivity index (χ4n) is 1.67. The van der Waals surface area contributed by atoms with Crippen molar-refractivity contribution in [2.75, 3.05) is 11.4 Å². The summed E-state index contributed by atoms with van der Waals surface area (Å²) in [5.74, 6) is 0.0301. The molecule has 92 valence electrons. The molecule has 1 amide bonds. The Hall–Kier alpha value is -0.950. The number of thioether (sulfide) groups is 1. The lowest BCUT2D eigenvalue weighted by molar-refractivity contribution is -0.117. The third-order valence-electron chi connectivity index (χ3n) is 2.41. The lowest BCUT2D eigenvalue weighted by Crippen LogP contribution is -2.24. The molecule has 1 aliphatic heterocycles. The zero-order chi connectivity index (χ0) is 12.4. The Kier molecular flexibility index (Phi) is 3.78. The number of hydrogen-bond donors (Lipinski definition) is 0. The maximum atomic E-state index is 11.8. The summed E-state index contributed by atoms with van der Waals surface area (Å²) in [5.41, 5.74) is 0. The first-order valence-corrected chi connectivity index (χ1v) is 7.09. The second-order valence-corrected chi connectivity index (χ2v) is 6.29. The molecule has 0 aromatic carbocycles. The van der Waals surface area contributed by atoms with Gasteiger partial charge in [0, 0.05) is 25.1 Å². The molecule has 0 aliphatic carbocycles. The molecule has 1 aromatic heterocycles. The fraction of sp³-hybridized carbons (Fsp3) is 0.600. The smallest absolute Gasteiger partial charge is 0.230 e. The molecule has 1 unspecified atom stereocenters. The van der Waals surface area contributed by atoms with Crippen LogP contribution in [0.25, 0.3) is 0 Å². The van der Waals surface area contributed by atoms with Crippen LogP contribution in [0.15, 0.2) is 0 Å². The van der Waals surface area contributed by atoms with Gasteiger partial charge in [-0.05, 0) is 6.42 Å². The van der Waals surface area contributed by atoms with Gasteiger partial charge >= 0.3 is 0 Å². The Balaban J connectivity index is 2.07. The number of nitrogens with zero attached hydrogens (tertiary/aromatic N) is 3. The van der Waals surface area contributed by atoms with Crippen LogP contribution in [-0.4, -0.2) is 33.0 Å². The van der Waals surface area contributed by atoms with Crippen molar-refractivity contribution in [1.82, 2.24) is 10.2 Å². The van der Waals surface area contributed by atoms with E-state index in [0.717, 1.165) is 11.4 Å². The van der Waals surface area contributed by atoms with Crippen molar-refractivity contribution in [3.8, 4) is 0 Å². The second kappa shape index (κ2) is 5.14. The minimum atomic E-state index is 0.0301. The maximum Gasteiger partial charge on any atom is 0.230 e. The van der Waals surface area contributed by atoms with E-state index < -0.39 is 0 Å². The summed E-state index contributed by atoms with van der Waals surface area (Å²) in [4.78, 5) is 24.4. The number of rotatable bonds is 3. The molecule has 1 fully saturated rings. The molecule has 0 spiro atoms. The zero-order valence-electron chi connectivity index (χ0n) is 9.67. The van der Waals surface area contributed by atoms with E-state index in [1.165, 1.54) is 30.0 Å². The third-order valence-corrected chi connectivity index (χ3v) is 4.48. The van der Waals surface area contributed by atoms with Gasteiger partial charge in [-0.15, -0.1) is 10.2 Å². The molecule has 0 N–H and O–H groups in total. The third kappa shape index (κ3) is 2.84. The average Bonchev–Trinajstić information content (AvgIpc) is 2.83. The number of aromatic nitrogens is 2. The Morgan fingerprint density at radius 3 is 2.94 bits per heavy atom. The lowest BCUT2D eigenvalue weighted by atomic mass is 10.4. The molecule has 2 heterocycles. The molecule has 1 atom stereocenters. The van der Waals surface area contributed by atoms with Gasteiger partial charge in [-0.1, -0.05) is 30.0 Å². The molecular formula is C10H13N3O2S2. The van der Waals surface area contributed by atoms with Gasteiger partial charge in [0.15, 0.2) is 5.12 Å². The van der Waals surface area contributed by atoms with Gasteiger partial charge < -0.3 is 0 Å². The fourth-order valence-corrected chi connectivity index (χ4v) is 3.39. The van der Waals surface area contributed by atoms with Crippen LogP contribution in [0.1, 0.15) is 25.3 Å². The number of aryl methyl sites for hydroxylation is 1. The highest BCUT2D eigenvalue weighted by Gasteiger charge is 2.33. The molecule has 0 saturated carbocycles. The van der Waals surface area contributed by atoms with Crippen LogP contribution in [-0.2, 0) is 16.0 Å². The summed E-state index contributed by atoms with van der Waals surface area (Å²) >= 11 is 2.68. The van der Waals surface area contributed by atoms with Crippen LogP contribution in [0.3, 0.4) is 0 Å². The predicted molar refractivity (Wildman–Crippen MR) is 68.3 cm³/mol. The van der Waals surface area contributed by atoms with Gasteiger partial charge in [0.05, 0.1) is 0 Å². The number of carbonyl (C=O) groups is 2. The van der Waals surface area contributed by atoms with E-state index in [4.69, 9.17) is 0 Å². The molecule has 1 aliphatic rings. The summed E-state index contributed by atoms with van der Waals surface area (Å²) in [6, 6.07) is 0. The summed E-state index contributed by atoms with van der Waals surface area (Å²) in [6.07, 6.45) is 1.23. The number of hydrogen-bond acceptors (Lipinski definition) is 6. The summed E-state index contributed by atoms with van der Waals surface area (Å²) in [7, 11) is 0. The van der Waals surface area contributed by atoms with Crippen molar-refractivity contribution in [2.24, 2.45) is 0 Å². The topological polar surface area (TPSA) is 63.2 Å². The number of amides is 1. The molecular weight excluding hydrogens is 258 g/mol. The molecule has 1 saturated heterocycles. The van der Waals surface area contributed by atoms with E-state index in [2.05, 4.69) is 10.2 Å². The van der Waals surface area contributed by atoms with E-state index in [0.29, 0.717) is 18.1 Å². The van der Waals surface area contributed by atoms with E-state index >= 15 is 0 Å². The SMILES string of the molecule is CCc1nnc(N2CC(SC(C)=O)CC2=O)s1. The van der Waals surface area contributed by atoms with Crippen LogP contribution >= 0.6 is 23.1 Å². The van der Waals surface area contributed by atoms with Crippen molar-refractivity contribution in [3.63, 3.8) is 0 Å². The maximum absolute atomic E-state index is 11.8. The summed E-state index contributed by atoms with van der Waals surface area (Å²) in [5, 5.41) is 9.69. The molecule has 7 heteroatoms. The first kappa shape index (κ1) is 12.5. The van der Waals surface area contributed by atoms with E-state index in [-0.39, 0.29) is 16.3 Å². The van der Waals surface area contributed by atoms with Crippen LogP contribution in [0, 0.1) is 0 Å². The quantitative estimate of drug-likeness (QED) is 0.833. The van der Waals surface area contributed by atoms with Crippen molar-refractivity contribution in [3.05, 3.63) is 5.01 Å². The minimum Gasteiger partial charge on any atom is -0.288 e. The van der Waals surface area contributed by atoms with Crippen molar-refractivity contribution < 1.29 is 9.59 Å². The minimum absolute atomic E-state index is 0.0301. The highest BCUT2D eigenvalue weighted by atomic mass is 32.2. The van der Waals surface area contributed by atoms with Gasteiger partial charge in [0.1, 0.15) is 5.01 Å². The van der Waals surface area contributed by atoms with Gasteiger partial charge in [0.25, 0.3) is 0 Å². The van der Waals surface area contributed by atoms with Crippen LogP contribution in [0.5, 0.6) is 0 Å². The highest BCUT2D eigenvalue weighted by molar-refractivity contribution is 8.14. The van der Waals surface area contributed by atoms with Gasteiger partial charge in [-0.2, -0.15) is 0 Å². The summed E-state index contributed by atoms with van der Waals surface area (Å²) in [6.45, 7) is 4.09. The molecule has 0 radical (unpaired) electrons. The Labute approximate surface area is 108 Å². The van der Waals surface area contributed by atoms with E-state index in [9.17, 15) is 9.59 Å². The van der Waals surface area contributed by atoms with Crippen molar-refractivity contribution in [1.29, 1.82) is 0 Å². The van der Waals surface area contributed by atoms with Crippen LogP contribution in [0.2, 0.25) is 0 Å². The van der Waals surface area contributed by atoms with Gasteiger partial charge in [-0.25, -0.2) is 0 Å². The molecule has 2 rings (SSSR count).